The first-order valence-corrected chi connectivity index (χ1v) is 5.74. The molecule has 0 spiro atoms. The van der Waals surface area contributed by atoms with Gasteiger partial charge >= 0.3 is 0 Å². The summed E-state index contributed by atoms with van der Waals surface area (Å²) in [4.78, 5) is 8.56. The van der Waals surface area contributed by atoms with Gasteiger partial charge in [-0.15, -0.1) is 0 Å². The Morgan fingerprint density at radius 1 is 1.29 bits per heavy atom. The van der Waals surface area contributed by atoms with Crippen molar-refractivity contribution in [1.29, 1.82) is 0 Å². The van der Waals surface area contributed by atoms with Crippen LogP contribution >= 0.6 is 0 Å². The van der Waals surface area contributed by atoms with Crippen LogP contribution in [0.1, 0.15) is 19.8 Å². The van der Waals surface area contributed by atoms with Crippen molar-refractivity contribution in [2.24, 2.45) is 7.05 Å². The van der Waals surface area contributed by atoms with Crippen molar-refractivity contribution in [2.75, 3.05) is 5.32 Å². The van der Waals surface area contributed by atoms with E-state index in [0.717, 1.165) is 29.7 Å². The van der Waals surface area contributed by atoms with Gasteiger partial charge in [-0.3, -0.25) is 4.68 Å². The topological polar surface area (TPSA) is 55.6 Å². The minimum Gasteiger partial charge on any atom is -0.364 e. The molecule has 0 fully saturated rings. The molecule has 0 bridgehead atoms. The lowest BCUT2D eigenvalue weighted by Gasteiger charge is -2.26. The van der Waals surface area contributed by atoms with Gasteiger partial charge in [-0.1, -0.05) is 12.2 Å². The van der Waals surface area contributed by atoms with Crippen molar-refractivity contribution in [3.05, 3.63) is 24.7 Å². The third-order valence-electron chi connectivity index (χ3n) is 3.25. The predicted octanol–water partition coefficient (Wildman–Crippen LogP) is 1.88. The van der Waals surface area contributed by atoms with E-state index < -0.39 is 0 Å². The van der Waals surface area contributed by atoms with Crippen molar-refractivity contribution in [3.8, 4) is 0 Å². The second kappa shape index (κ2) is 3.55. The highest BCUT2D eigenvalue weighted by Gasteiger charge is 2.26. The predicted molar refractivity (Wildman–Crippen MR) is 66.7 cm³/mol. The molecule has 0 saturated carbocycles. The van der Waals surface area contributed by atoms with E-state index in [1.807, 2.05) is 13.2 Å². The van der Waals surface area contributed by atoms with E-state index in [0.29, 0.717) is 0 Å². The Morgan fingerprint density at radius 3 is 2.82 bits per heavy atom. The van der Waals surface area contributed by atoms with Crippen LogP contribution in [0.25, 0.3) is 11.0 Å². The third-order valence-corrected chi connectivity index (χ3v) is 3.25. The SMILES string of the molecule is Cn1ncc2c(NC3(C)CC=CC3)ncnc21. The average Bonchev–Trinajstić information content (AvgIpc) is 2.88. The molecular formula is C12H15N5. The van der Waals surface area contributed by atoms with Gasteiger partial charge in [0.05, 0.1) is 11.6 Å². The Balaban J connectivity index is 2.00. The number of fused-ring (bicyclic) bond motifs is 1. The molecule has 2 aromatic heterocycles. The Labute approximate surface area is 99.6 Å². The number of nitrogens with zero attached hydrogens (tertiary/aromatic N) is 4. The summed E-state index contributed by atoms with van der Waals surface area (Å²) >= 11 is 0. The zero-order valence-electron chi connectivity index (χ0n) is 10.0. The minimum absolute atomic E-state index is 0.0666. The summed E-state index contributed by atoms with van der Waals surface area (Å²) in [7, 11) is 1.89. The van der Waals surface area contributed by atoms with Crippen LogP contribution in [0.3, 0.4) is 0 Å². The normalized spacial score (nSPS) is 17.8. The third kappa shape index (κ3) is 1.67. The Morgan fingerprint density at radius 2 is 2.06 bits per heavy atom. The molecule has 2 heterocycles. The van der Waals surface area contributed by atoms with E-state index in [1.54, 1.807) is 11.0 Å². The molecule has 2 aromatic rings. The van der Waals surface area contributed by atoms with Crippen LogP contribution < -0.4 is 5.32 Å². The van der Waals surface area contributed by atoms with Crippen LogP contribution in [-0.2, 0) is 7.05 Å². The van der Waals surface area contributed by atoms with E-state index in [2.05, 4.69) is 39.5 Å². The van der Waals surface area contributed by atoms with Crippen LogP contribution in [0.15, 0.2) is 24.7 Å². The van der Waals surface area contributed by atoms with Gasteiger partial charge in [0, 0.05) is 12.6 Å². The molecule has 0 saturated heterocycles. The lowest BCUT2D eigenvalue weighted by Crippen LogP contribution is -2.31. The molecule has 1 aliphatic rings. The van der Waals surface area contributed by atoms with Crippen LogP contribution in [0.4, 0.5) is 5.82 Å². The van der Waals surface area contributed by atoms with Crippen molar-refractivity contribution < 1.29 is 0 Å². The van der Waals surface area contributed by atoms with Gasteiger partial charge in [0.25, 0.3) is 0 Å². The molecule has 0 aromatic carbocycles. The number of aromatic nitrogens is 4. The fourth-order valence-electron chi connectivity index (χ4n) is 2.22. The average molecular weight is 229 g/mol. The fourth-order valence-corrected chi connectivity index (χ4v) is 2.22. The van der Waals surface area contributed by atoms with Crippen molar-refractivity contribution in [1.82, 2.24) is 19.7 Å². The molecule has 0 radical (unpaired) electrons. The zero-order chi connectivity index (χ0) is 11.9. The first kappa shape index (κ1) is 10.3. The van der Waals surface area contributed by atoms with Gasteiger partial charge < -0.3 is 5.32 Å². The van der Waals surface area contributed by atoms with Crippen molar-refractivity contribution in [2.45, 2.75) is 25.3 Å². The highest BCUT2D eigenvalue weighted by molar-refractivity contribution is 5.86. The monoisotopic (exact) mass is 229 g/mol. The second-order valence-corrected chi connectivity index (χ2v) is 4.79. The summed E-state index contributed by atoms with van der Waals surface area (Å²) in [6, 6.07) is 0. The summed E-state index contributed by atoms with van der Waals surface area (Å²) in [5.41, 5.74) is 0.925. The fraction of sp³-hybridized carbons (Fsp3) is 0.417. The quantitative estimate of drug-likeness (QED) is 0.799. The van der Waals surface area contributed by atoms with Crippen molar-refractivity contribution >= 4 is 16.9 Å². The number of aryl methyl sites for hydroxylation is 1. The summed E-state index contributed by atoms with van der Waals surface area (Å²) in [6.45, 7) is 2.21. The van der Waals surface area contributed by atoms with Gasteiger partial charge in [0.1, 0.15) is 12.1 Å². The maximum absolute atomic E-state index is 4.33. The maximum Gasteiger partial charge on any atom is 0.163 e. The van der Waals surface area contributed by atoms with Crippen LogP contribution in [0.5, 0.6) is 0 Å². The molecule has 5 nitrogen and oxygen atoms in total. The Bertz CT molecular complexity index is 576. The molecule has 1 N–H and O–H groups in total. The Hall–Kier alpha value is -1.91. The van der Waals surface area contributed by atoms with E-state index in [4.69, 9.17) is 0 Å². The zero-order valence-corrected chi connectivity index (χ0v) is 10.0. The molecule has 3 rings (SSSR count). The molecule has 17 heavy (non-hydrogen) atoms. The first-order chi connectivity index (χ1) is 8.18. The molecule has 1 aliphatic carbocycles. The van der Waals surface area contributed by atoms with Gasteiger partial charge in [-0.2, -0.15) is 5.10 Å². The smallest absolute Gasteiger partial charge is 0.163 e. The van der Waals surface area contributed by atoms with Crippen LogP contribution in [0.2, 0.25) is 0 Å². The molecule has 88 valence electrons. The van der Waals surface area contributed by atoms with E-state index in [9.17, 15) is 0 Å². The first-order valence-electron chi connectivity index (χ1n) is 5.74. The largest absolute Gasteiger partial charge is 0.364 e. The number of anilines is 1. The Kier molecular flexibility index (Phi) is 2.14. The van der Waals surface area contributed by atoms with Crippen LogP contribution in [0, 0.1) is 0 Å². The summed E-state index contributed by atoms with van der Waals surface area (Å²) in [5, 5.41) is 8.69. The highest BCUT2D eigenvalue weighted by atomic mass is 15.3. The molecule has 0 unspecified atom stereocenters. The van der Waals surface area contributed by atoms with E-state index in [-0.39, 0.29) is 5.54 Å². The number of rotatable bonds is 2. The molecular weight excluding hydrogens is 214 g/mol. The van der Waals surface area contributed by atoms with E-state index >= 15 is 0 Å². The van der Waals surface area contributed by atoms with Gasteiger partial charge in [0.15, 0.2) is 5.65 Å². The highest BCUT2D eigenvalue weighted by Crippen LogP contribution is 2.29. The van der Waals surface area contributed by atoms with Crippen LogP contribution in [-0.4, -0.2) is 25.3 Å². The summed E-state index contributed by atoms with van der Waals surface area (Å²) < 4.78 is 1.76. The second-order valence-electron chi connectivity index (χ2n) is 4.79. The molecule has 0 aliphatic heterocycles. The molecule has 0 atom stereocenters. The molecule has 0 amide bonds. The van der Waals surface area contributed by atoms with Gasteiger partial charge in [-0.05, 0) is 19.8 Å². The van der Waals surface area contributed by atoms with E-state index in [1.165, 1.54) is 0 Å². The van der Waals surface area contributed by atoms with Gasteiger partial charge in [0.2, 0.25) is 0 Å². The lowest BCUT2D eigenvalue weighted by molar-refractivity contribution is 0.552. The molecule has 5 heteroatoms. The summed E-state index contributed by atoms with van der Waals surface area (Å²) in [5.74, 6) is 0.870. The maximum atomic E-state index is 4.33. The number of hydrogen-bond donors (Lipinski definition) is 1. The van der Waals surface area contributed by atoms with Crippen molar-refractivity contribution in [3.63, 3.8) is 0 Å². The number of hydrogen-bond acceptors (Lipinski definition) is 4. The number of nitrogens with one attached hydrogen (secondary N) is 1. The minimum atomic E-state index is 0.0666. The standard InChI is InChI=1S/C12H15N5/c1-12(5-3-4-6-12)16-10-9-7-15-17(2)11(9)14-8-13-10/h3-4,7-8H,5-6H2,1-2H3,(H,13,14,16). The van der Waals surface area contributed by atoms with Gasteiger partial charge in [-0.25, -0.2) is 9.97 Å². The summed E-state index contributed by atoms with van der Waals surface area (Å²) in [6.07, 6.45) is 9.85. The lowest BCUT2D eigenvalue weighted by atomic mass is 10.00.